The van der Waals surface area contributed by atoms with Gasteiger partial charge in [0.25, 0.3) is 0 Å². The van der Waals surface area contributed by atoms with Crippen molar-refractivity contribution in [3.8, 4) is 17.3 Å². The molecule has 1 saturated carbocycles. The van der Waals surface area contributed by atoms with Gasteiger partial charge in [0.1, 0.15) is 18.7 Å². The van der Waals surface area contributed by atoms with Crippen molar-refractivity contribution >= 4 is 19.1 Å². The molecular formula is C23H32N6OSi. The van der Waals surface area contributed by atoms with Crippen LogP contribution in [0, 0.1) is 17.2 Å². The quantitative estimate of drug-likeness (QED) is 0.356. The number of aromatic nitrogens is 5. The zero-order valence-electron chi connectivity index (χ0n) is 18.8. The first-order valence-corrected chi connectivity index (χ1v) is 14.9. The second-order valence-corrected chi connectivity index (χ2v) is 15.5. The Bertz CT molecular complexity index is 1060. The Morgan fingerprint density at radius 1 is 1.26 bits per heavy atom. The summed E-state index contributed by atoms with van der Waals surface area (Å²) >= 11 is 0. The van der Waals surface area contributed by atoms with Crippen molar-refractivity contribution in [1.82, 2.24) is 24.3 Å². The summed E-state index contributed by atoms with van der Waals surface area (Å²) in [7, 11) is -1.09. The Labute approximate surface area is 185 Å². The van der Waals surface area contributed by atoms with Gasteiger partial charge in [-0.2, -0.15) is 10.4 Å². The fraction of sp³-hybridized carbons (Fsp3) is 0.565. The second kappa shape index (κ2) is 9.33. The van der Waals surface area contributed by atoms with Gasteiger partial charge in [0.2, 0.25) is 0 Å². The third-order valence-electron chi connectivity index (χ3n) is 6.17. The van der Waals surface area contributed by atoms with Crippen LogP contribution in [0.15, 0.2) is 31.0 Å². The van der Waals surface area contributed by atoms with Crippen LogP contribution in [-0.4, -0.2) is 39.0 Å². The van der Waals surface area contributed by atoms with Crippen LogP contribution in [0.25, 0.3) is 22.3 Å². The van der Waals surface area contributed by atoms with Crippen molar-refractivity contribution in [2.75, 3.05) is 6.61 Å². The molecule has 3 aromatic rings. The monoisotopic (exact) mass is 436 g/mol. The van der Waals surface area contributed by atoms with Crippen LogP contribution < -0.4 is 0 Å². The van der Waals surface area contributed by atoms with Gasteiger partial charge in [0.05, 0.1) is 24.0 Å². The summed E-state index contributed by atoms with van der Waals surface area (Å²) in [6, 6.07) is 5.91. The van der Waals surface area contributed by atoms with Gasteiger partial charge in [-0.05, 0) is 37.3 Å². The van der Waals surface area contributed by atoms with E-state index in [1.54, 1.807) is 6.33 Å². The lowest BCUT2D eigenvalue weighted by Gasteiger charge is -2.27. The molecule has 0 aromatic carbocycles. The zero-order chi connectivity index (χ0) is 21.8. The maximum Gasteiger partial charge on any atom is 0.145 e. The molecule has 4 rings (SSSR count). The standard InChI is InChI=1S/C23H32N6OSi/c1-31(2,3)12-11-30-17-28-10-8-21-22(25-16-26-23(21)28)19-14-27-29(15-19)20-6-4-5-18(13-20)7-9-24/h8,10,14-16,18,20H,4-7,11-13,17H2,1-3H3. The van der Waals surface area contributed by atoms with Crippen LogP contribution in [0.3, 0.4) is 0 Å². The molecule has 1 aliphatic carbocycles. The van der Waals surface area contributed by atoms with Crippen molar-refractivity contribution < 1.29 is 4.74 Å². The van der Waals surface area contributed by atoms with Gasteiger partial charge >= 0.3 is 0 Å². The lowest BCUT2D eigenvalue weighted by molar-refractivity contribution is 0.0899. The van der Waals surface area contributed by atoms with Crippen LogP contribution in [-0.2, 0) is 11.5 Å². The Kier molecular flexibility index (Phi) is 6.53. The van der Waals surface area contributed by atoms with E-state index in [2.05, 4.69) is 57.7 Å². The molecule has 8 heteroatoms. The zero-order valence-corrected chi connectivity index (χ0v) is 19.8. The van der Waals surface area contributed by atoms with Crippen molar-refractivity contribution in [1.29, 1.82) is 5.26 Å². The van der Waals surface area contributed by atoms with Crippen LogP contribution in [0.4, 0.5) is 0 Å². The molecule has 3 aromatic heterocycles. The van der Waals surface area contributed by atoms with Gasteiger partial charge in [-0.15, -0.1) is 0 Å². The number of hydrogen-bond acceptors (Lipinski definition) is 5. The largest absolute Gasteiger partial charge is 0.361 e. The molecule has 164 valence electrons. The Morgan fingerprint density at radius 2 is 2.13 bits per heavy atom. The Morgan fingerprint density at radius 3 is 2.94 bits per heavy atom. The van der Waals surface area contributed by atoms with Gasteiger partial charge in [-0.3, -0.25) is 4.68 Å². The lowest BCUT2D eigenvalue weighted by Crippen LogP contribution is -2.22. The highest BCUT2D eigenvalue weighted by atomic mass is 28.3. The van der Waals surface area contributed by atoms with Crippen molar-refractivity contribution in [3.05, 3.63) is 31.0 Å². The highest BCUT2D eigenvalue weighted by molar-refractivity contribution is 6.76. The van der Waals surface area contributed by atoms with Gasteiger partial charge in [0.15, 0.2) is 0 Å². The molecule has 3 heterocycles. The first kappa shape index (κ1) is 21.7. The van der Waals surface area contributed by atoms with E-state index in [0.29, 0.717) is 25.1 Å². The van der Waals surface area contributed by atoms with Crippen LogP contribution in [0.5, 0.6) is 0 Å². The van der Waals surface area contributed by atoms with Gasteiger partial charge in [-0.25, -0.2) is 9.97 Å². The molecule has 1 fully saturated rings. The summed E-state index contributed by atoms with van der Waals surface area (Å²) in [6.07, 6.45) is 12.7. The van der Waals surface area contributed by atoms with E-state index in [1.807, 2.05) is 17.0 Å². The minimum atomic E-state index is -1.09. The molecule has 7 nitrogen and oxygen atoms in total. The van der Waals surface area contributed by atoms with Gasteiger partial charge in [0, 0.05) is 44.4 Å². The van der Waals surface area contributed by atoms with Crippen molar-refractivity contribution in [2.45, 2.75) is 70.6 Å². The van der Waals surface area contributed by atoms with Crippen LogP contribution >= 0.6 is 0 Å². The normalized spacial score (nSPS) is 19.5. The van der Waals surface area contributed by atoms with Gasteiger partial charge in [-0.1, -0.05) is 26.1 Å². The molecule has 0 N–H and O–H groups in total. The molecule has 2 unspecified atom stereocenters. The summed E-state index contributed by atoms with van der Waals surface area (Å²) < 4.78 is 10.0. The summed E-state index contributed by atoms with van der Waals surface area (Å²) in [6.45, 7) is 8.37. The predicted molar refractivity (Wildman–Crippen MR) is 124 cm³/mol. The smallest absolute Gasteiger partial charge is 0.145 e. The van der Waals surface area contributed by atoms with Crippen molar-refractivity contribution in [2.24, 2.45) is 5.92 Å². The molecule has 0 amide bonds. The minimum Gasteiger partial charge on any atom is -0.361 e. The summed E-state index contributed by atoms with van der Waals surface area (Å²) in [4.78, 5) is 9.07. The summed E-state index contributed by atoms with van der Waals surface area (Å²) in [5, 5.41) is 14.7. The average molecular weight is 437 g/mol. The Balaban J connectivity index is 1.49. The van der Waals surface area contributed by atoms with Crippen LogP contribution in [0.1, 0.15) is 38.1 Å². The number of hydrogen-bond donors (Lipinski definition) is 0. The SMILES string of the molecule is C[Si](C)(C)CCOCn1ccc2c(-c3cnn(C4CCCC(CC#N)C4)c3)ncnc21. The van der Waals surface area contributed by atoms with E-state index >= 15 is 0 Å². The van der Waals surface area contributed by atoms with E-state index < -0.39 is 8.07 Å². The third kappa shape index (κ3) is 5.22. The topological polar surface area (TPSA) is 81.5 Å². The second-order valence-electron chi connectivity index (χ2n) is 9.85. The fourth-order valence-electron chi connectivity index (χ4n) is 4.36. The number of nitriles is 1. The lowest BCUT2D eigenvalue weighted by atomic mass is 9.84. The molecule has 0 spiro atoms. The van der Waals surface area contributed by atoms with Gasteiger partial charge < -0.3 is 9.30 Å². The minimum absolute atomic E-state index is 0.363. The number of rotatable bonds is 8. The fourth-order valence-corrected chi connectivity index (χ4v) is 5.11. The van der Waals surface area contributed by atoms with E-state index in [-0.39, 0.29) is 0 Å². The predicted octanol–water partition coefficient (Wildman–Crippen LogP) is 5.25. The molecule has 0 saturated heterocycles. The first-order chi connectivity index (χ1) is 14.9. The Hall–Kier alpha value is -2.50. The first-order valence-electron chi connectivity index (χ1n) is 11.2. The van der Waals surface area contributed by atoms with E-state index in [1.165, 1.54) is 0 Å². The highest BCUT2D eigenvalue weighted by Gasteiger charge is 2.24. The summed E-state index contributed by atoms with van der Waals surface area (Å²) in [5.41, 5.74) is 2.80. The maximum atomic E-state index is 9.04. The molecule has 0 radical (unpaired) electrons. The third-order valence-corrected chi connectivity index (χ3v) is 7.87. The molecule has 1 aliphatic rings. The van der Waals surface area contributed by atoms with E-state index in [4.69, 9.17) is 10.00 Å². The maximum absolute atomic E-state index is 9.04. The molecule has 2 atom stereocenters. The highest BCUT2D eigenvalue weighted by Crippen LogP contribution is 2.35. The summed E-state index contributed by atoms with van der Waals surface area (Å²) in [5.74, 6) is 0.483. The van der Waals surface area contributed by atoms with Crippen LogP contribution in [0.2, 0.25) is 25.7 Å². The van der Waals surface area contributed by atoms with E-state index in [0.717, 1.165) is 60.6 Å². The number of nitrogens with zero attached hydrogens (tertiary/aromatic N) is 6. The van der Waals surface area contributed by atoms with E-state index in [9.17, 15) is 0 Å². The van der Waals surface area contributed by atoms with Crippen molar-refractivity contribution in [3.63, 3.8) is 0 Å². The number of fused-ring (bicyclic) bond motifs is 1. The molecular weight excluding hydrogens is 404 g/mol. The number of ether oxygens (including phenoxy) is 1. The average Bonchev–Trinajstić information content (AvgIpc) is 3.39. The molecule has 0 bridgehead atoms. The molecule has 31 heavy (non-hydrogen) atoms. The molecule has 0 aliphatic heterocycles.